The summed E-state index contributed by atoms with van der Waals surface area (Å²) in [5.74, 6) is -0.373. The third-order valence-electron chi connectivity index (χ3n) is 5.60. The van der Waals surface area contributed by atoms with E-state index in [1.807, 2.05) is 12.1 Å². The van der Waals surface area contributed by atoms with Gasteiger partial charge in [-0.15, -0.1) is 0 Å². The Kier molecular flexibility index (Phi) is 6.63. The predicted octanol–water partition coefficient (Wildman–Crippen LogP) is 3.66. The second-order valence-corrected chi connectivity index (χ2v) is 10.9. The van der Waals surface area contributed by atoms with Gasteiger partial charge in [0, 0.05) is 48.1 Å². The van der Waals surface area contributed by atoms with E-state index in [2.05, 4.69) is 4.98 Å². The number of aromatic nitrogens is 1. The predicted molar refractivity (Wildman–Crippen MR) is 127 cm³/mol. The number of hydrogen-bond donors (Lipinski definition) is 0. The van der Waals surface area contributed by atoms with Crippen LogP contribution in [0.5, 0.6) is 0 Å². The molecule has 1 aliphatic rings. The Morgan fingerprint density at radius 1 is 1.03 bits per heavy atom. The van der Waals surface area contributed by atoms with Gasteiger partial charge in [0.15, 0.2) is 15.6 Å². The van der Waals surface area contributed by atoms with Crippen LogP contribution in [0.1, 0.15) is 32.7 Å². The van der Waals surface area contributed by atoms with Crippen LogP contribution in [-0.2, 0) is 39.8 Å². The number of carbonyl (C=O) groups excluding carboxylic acids is 2. The SMILES string of the molecule is CS(=O)(=O)Cc1ccc(CN2C(=O)c3ccc(Cl)cc3CC(=O)[C@H]2Cc2ccccn2)cc1. The lowest BCUT2D eigenvalue weighted by Crippen LogP contribution is -2.44. The van der Waals surface area contributed by atoms with Crippen molar-refractivity contribution >= 4 is 33.1 Å². The molecule has 0 fully saturated rings. The minimum Gasteiger partial charge on any atom is -0.324 e. The molecule has 0 aliphatic carbocycles. The Morgan fingerprint density at radius 2 is 1.76 bits per heavy atom. The number of Topliss-reactive ketones (excluding diaryl/α,β-unsaturated/α-hetero) is 1. The van der Waals surface area contributed by atoms with Crippen LogP contribution in [0.3, 0.4) is 0 Å². The lowest BCUT2D eigenvalue weighted by atomic mass is 9.99. The zero-order valence-electron chi connectivity index (χ0n) is 18.1. The molecule has 1 aromatic heterocycles. The first-order valence-corrected chi connectivity index (χ1v) is 12.9. The van der Waals surface area contributed by atoms with E-state index in [0.717, 1.165) is 11.3 Å². The molecular formula is C25H23ClN2O4S. The van der Waals surface area contributed by atoms with Gasteiger partial charge in [-0.25, -0.2) is 8.42 Å². The minimum atomic E-state index is -3.15. The molecule has 1 amide bonds. The number of nitrogens with zero attached hydrogens (tertiary/aromatic N) is 2. The van der Waals surface area contributed by atoms with E-state index in [4.69, 9.17) is 11.6 Å². The van der Waals surface area contributed by atoms with E-state index in [0.29, 0.717) is 28.1 Å². The van der Waals surface area contributed by atoms with Crippen molar-refractivity contribution in [2.24, 2.45) is 0 Å². The number of fused-ring (bicyclic) bond motifs is 1. The smallest absolute Gasteiger partial charge is 0.255 e. The first-order valence-electron chi connectivity index (χ1n) is 10.5. The van der Waals surface area contributed by atoms with Gasteiger partial charge in [0.25, 0.3) is 5.91 Å². The van der Waals surface area contributed by atoms with Crippen LogP contribution in [0, 0.1) is 0 Å². The van der Waals surface area contributed by atoms with Gasteiger partial charge in [0.1, 0.15) is 0 Å². The summed E-state index contributed by atoms with van der Waals surface area (Å²) in [6.07, 6.45) is 3.27. The third kappa shape index (κ3) is 5.67. The number of halogens is 1. The summed E-state index contributed by atoms with van der Waals surface area (Å²) in [7, 11) is -3.15. The Balaban J connectivity index is 1.69. The maximum atomic E-state index is 13.6. The van der Waals surface area contributed by atoms with E-state index in [9.17, 15) is 18.0 Å². The molecule has 0 N–H and O–H groups in total. The van der Waals surface area contributed by atoms with Gasteiger partial charge in [-0.05, 0) is 47.0 Å². The molecule has 3 aromatic rings. The lowest BCUT2D eigenvalue weighted by Gasteiger charge is -2.29. The standard InChI is InChI=1S/C25H23ClN2O4S/c1-33(31,32)16-18-7-5-17(6-8-18)15-28-23(14-21-4-2-3-11-27-21)24(29)13-19-12-20(26)9-10-22(19)25(28)30/h2-12,23H,13-16H2,1H3/t23-/m1/s1. The highest BCUT2D eigenvalue weighted by Crippen LogP contribution is 2.27. The third-order valence-corrected chi connectivity index (χ3v) is 6.70. The molecule has 2 heterocycles. The molecule has 0 bridgehead atoms. The first-order chi connectivity index (χ1) is 15.7. The summed E-state index contributed by atoms with van der Waals surface area (Å²) >= 11 is 6.13. The molecule has 0 unspecified atom stereocenters. The average Bonchev–Trinajstić information content (AvgIpc) is 2.84. The number of sulfone groups is 1. The highest BCUT2D eigenvalue weighted by molar-refractivity contribution is 7.89. The summed E-state index contributed by atoms with van der Waals surface area (Å²) in [6, 6.07) is 16.9. The molecule has 0 radical (unpaired) electrons. The van der Waals surface area contributed by atoms with E-state index in [1.54, 1.807) is 59.6 Å². The topological polar surface area (TPSA) is 84.4 Å². The number of hydrogen-bond acceptors (Lipinski definition) is 5. The fourth-order valence-corrected chi connectivity index (χ4v) is 5.05. The highest BCUT2D eigenvalue weighted by atomic mass is 35.5. The maximum absolute atomic E-state index is 13.6. The van der Waals surface area contributed by atoms with Crippen molar-refractivity contribution in [3.63, 3.8) is 0 Å². The molecule has 33 heavy (non-hydrogen) atoms. The quantitative estimate of drug-likeness (QED) is 0.535. The van der Waals surface area contributed by atoms with Crippen molar-refractivity contribution in [3.8, 4) is 0 Å². The summed E-state index contributed by atoms with van der Waals surface area (Å²) in [4.78, 5) is 32.8. The van der Waals surface area contributed by atoms with Gasteiger partial charge >= 0.3 is 0 Å². The van der Waals surface area contributed by atoms with Gasteiger partial charge in [-0.1, -0.05) is 41.9 Å². The molecule has 0 spiro atoms. The number of pyridine rings is 1. The lowest BCUT2D eigenvalue weighted by molar-refractivity contribution is -0.122. The zero-order valence-corrected chi connectivity index (χ0v) is 19.6. The van der Waals surface area contributed by atoms with Crippen molar-refractivity contribution in [2.75, 3.05) is 6.26 Å². The Labute approximate surface area is 198 Å². The molecule has 2 aromatic carbocycles. The van der Waals surface area contributed by atoms with E-state index < -0.39 is 15.9 Å². The largest absolute Gasteiger partial charge is 0.324 e. The molecule has 170 valence electrons. The van der Waals surface area contributed by atoms with Crippen LogP contribution in [0.25, 0.3) is 0 Å². The van der Waals surface area contributed by atoms with Crippen LogP contribution in [0.4, 0.5) is 0 Å². The number of carbonyl (C=O) groups is 2. The fraction of sp³-hybridized carbons (Fsp3) is 0.240. The van der Waals surface area contributed by atoms with Crippen LogP contribution >= 0.6 is 11.6 Å². The first kappa shape index (κ1) is 23.1. The Morgan fingerprint density at radius 3 is 2.42 bits per heavy atom. The van der Waals surface area contributed by atoms with E-state index >= 15 is 0 Å². The second-order valence-electron chi connectivity index (χ2n) is 8.31. The summed E-state index contributed by atoms with van der Waals surface area (Å²) in [5.41, 5.74) is 3.28. The van der Waals surface area contributed by atoms with Crippen molar-refractivity contribution in [3.05, 3.63) is 99.8 Å². The molecule has 0 saturated carbocycles. The maximum Gasteiger partial charge on any atom is 0.255 e. The van der Waals surface area contributed by atoms with Crippen molar-refractivity contribution in [1.29, 1.82) is 0 Å². The fourth-order valence-electron chi connectivity index (χ4n) is 4.06. The van der Waals surface area contributed by atoms with Crippen LogP contribution < -0.4 is 0 Å². The summed E-state index contributed by atoms with van der Waals surface area (Å²) in [6.45, 7) is 0.212. The average molecular weight is 483 g/mol. The zero-order chi connectivity index (χ0) is 23.6. The number of rotatable bonds is 6. The number of ketones is 1. The van der Waals surface area contributed by atoms with Crippen molar-refractivity contribution in [1.82, 2.24) is 9.88 Å². The molecule has 8 heteroatoms. The van der Waals surface area contributed by atoms with Crippen LogP contribution in [0.2, 0.25) is 5.02 Å². The number of benzene rings is 2. The Bertz CT molecular complexity index is 1290. The summed E-state index contributed by atoms with van der Waals surface area (Å²) < 4.78 is 23.1. The molecular weight excluding hydrogens is 460 g/mol. The van der Waals surface area contributed by atoms with Crippen LogP contribution in [-0.4, -0.2) is 42.3 Å². The van der Waals surface area contributed by atoms with Gasteiger partial charge in [-0.3, -0.25) is 14.6 Å². The molecule has 4 rings (SSSR count). The molecule has 1 atom stereocenters. The summed E-state index contributed by atoms with van der Waals surface area (Å²) in [5, 5.41) is 0.477. The molecule has 1 aliphatic heterocycles. The van der Waals surface area contributed by atoms with Gasteiger partial charge in [-0.2, -0.15) is 0 Å². The Hall–Kier alpha value is -3.03. The monoisotopic (exact) mass is 482 g/mol. The van der Waals surface area contributed by atoms with Gasteiger partial charge < -0.3 is 4.90 Å². The normalized spacial score (nSPS) is 16.4. The van der Waals surface area contributed by atoms with Gasteiger partial charge in [0.05, 0.1) is 11.8 Å². The molecule has 0 saturated heterocycles. The number of amides is 1. The second kappa shape index (κ2) is 9.45. The molecule has 6 nitrogen and oxygen atoms in total. The van der Waals surface area contributed by atoms with E-state index in [-0.39, 0.29) is 30.4 Å². The van der Waals surface area contributed by atoms with Crippen molar-refractivity contribution in [2.45, 2.75) is 31.2 Å². The van der Waals surface area contributed by atoms with E-state index in [1.165, 1.54) is 6.26 Å². The van der Waals surface area contributed by atoms with Gasteiger partial charge in [0.2, 0.25) is 0 Å². The van der Waals surface area contributed by atoms with Crippen molar-refractivity contribution < 1.29 is 18.0 Å². The van der Waals surface area contributed by atoms with Crippen LogP contribution in [0.15, 0.2) is 66.9 Å². The minimum absolute atomic E-state index is 0.0507. The highest BCUT2D eigenvalue weighted by Gasteiger charge is 2.35.